The predicted octanol–water partition coefficient (Wildman–Crippen LogP) is 3.57. The highest BCUT2D eigenvalue weighted by Gasteiger charge is 2.31. The minimum atomic E-state index is -0.742. The summed E-state index contributed by atoms with van der Waals surface area (Å²) < 4.78 is 22.0. The third-order valence-electron chi connectivity index (χ3n) is 6.12. The van der Waals surface area contributed by atoms with Crippen molar-refractivity contribution in [3.05, 3.63) is 42.0 Å². The van der Waals surface area contributed by atoms with E-state index < -0.39 is 6.04 Å². The topological polar surface area (TPSA) is 86.3 Å². The summed E-state index contributed by atoms with van der Waals surface area (Å²) in [4.78, 5) is 28.4. The number of carbonyl (C=O) groups excluding carboxylic acids is 2. The van der Waals surface area contributed by atoms with Crippen LogP contribution in [-0.4, -0.2) is 51.3 Å². The fraction of sp³-hybridized carbons (Fsp3) is 0.440. The van der Waals surface area contributed by atoms with Crippen molar-refractivity contribution in [2.45, 2.75) is 44.7 Å². The Labute approximate surface area is 193 Å². The SMILES string of the molecule is COc1ccc(C(=O)N(c2ccc3c(c2)OCCO3)C(C)C(=O)NC2CCCC2)cc1OC. The van der Waals surface area contributed by atoms with Crippen molar-refractivity contribution in [3.63, 3.8) is 0 Å². The summed E-state index contributed by atoms with van der Waals surface area (Å²) in [5.41, 5.74) is 0.927. The first-order valence-corrected chi connectivity index (χ1v) is 11.3. The minimum absolute atomic E-state index is 0.151. The van der Waals surface area contributed by atoms with E-state index in [9.17, 15) is 9.59 Å². The van der Waals surface area contributed by atoms with E-state index in [1.54, 1.807) is 43.3 Å². The van der Waals surface area contributed by atoms with Crippen molar-refractivity contribution in [3.8, 4) is 23.0 Å². The zero-order valence-electron chi connectivity index (χ0n) is 19.3. The fourth-order valence-corrected chi connectivity index (χ4v) is 4.32. The number of methoxy groups -OCH3 is 2. The Balaban J connectivity index is 1.69. The monoisotopic (exact) mass is 454 g/mol. The minimum Gasteiger partial charge on any atom is -0.493 e. The molecule has 0 saturated heterocycles. The lowest BCUT2D eigenvalue weighted by molar-refractivity contribution is -0.122. The molecule has 8 heteroatoms. The summed E-state index contributed by atoms with van der Waals surface area (Å²) in [6.45, 7) is 2.64. The third kappa shape index (κ3) is 4.84. The normalized spacial score (nSPS) is 16.1. The molecule has 2 aliphatic rings. The van der Waals surface area contributed by atoms with E-state index in [4.69, 9.17) is 18.9 Å². The van der Waals surface area contributed by atoms with Crippen LogP contribution in [0.4, 0.5) is 5.69 Å². The van der Waals surface area contributed by atoms with Crippen LogP contribution in [0.15, 0.2) is 36.4 Å². The summed E-state index contributed by atoms with van der Waals surface area (Å²) in [5.74, 6) is 1.60. The van der Waals surface area contributed by atoms with E-state index in [1.165, 1.54) is 19.1 Å². The molecule has 2 amide bonds. The molecule has 1 aliphatic heterocycles. The summed E-state index contributed by atoms with van der Waals surface area (Å²) in [5, 5.41) is 3.10. The van der Waals surface area contributed by atoms with Crippen molar-refractivity contribution in [2.24, 2.45) is 0 Å². The van der Waals surface area contributed by atoms with Gasteiger partial charge in [-0.05, 0) is 50.1 Å². The second kappa shape index (κ2) is 10.0. The molecule has 4 rings (SSSR count). The standard InChI is InChI=1S/C25H30N2O6/c1-16(24(28)26-18-6-4-5-7-18)27(19-9-11-21-23(15-19)33-13-12-32-21)25(29)17-8-10-20(30-2)22(14-17)31-3/h8-11,14-16,18H,4-7,12-13H2,1-3H3,(H,26,28). The largest absolute Gasteiger partial charge is 0.493 e. The number of amides is 2. The smallest absolute Gasteiger partial charge is 0.259 e. The number of hydrogen-bond donors (Lipinski definition) is 1. The van der Waals surface area contributed by atoms with E-state index in [1.807, 2.05) is 0 Å². The molecule has 176 valence electrons. The van der Waals surface area contributed by atoms with Crippen molar-refractivity contribution >= 4 is 17.5 Å². The molecular formula is C25H30N2O6. The van der Waals surface area contributed by atoms with Gasteiger partial charge in [-0.3, -0.25) is 14.5 Å². The molecule has 2 aromatic carbocycles. The van der Waals surface area contributed by atoms with E-state index in [-0.39, 0.29) is 17.9 Å². The van der Waals surface area contributed by atoms with Gasteiger partial charge >= 0.3 is 0 Å². The fourth-order valence-electron chi connectivity index (χ4n) is 4.32. The Kier molecular flexibility index (Phi) is 6.91. The van der Waals surface area contributed by atoms with Gasteiger partial charge in [-0.1, -0.05) is 12.8 Å². The second-order valence-electron chi connectivity index (χ2n) is 8.24. The van der Waals surface area contributed by atoms with Gasteiger partial charge in [0.25, 0.3) is 5.91 Å². The summed E-state index contributed by atoms with van der Waals surface area (Å²) in [6.07, 6.45) is 4.14. The Morgan fingerprint density at radius 1 is 0.970 bits per heavy atom. The molecule has 1 N–H and O–H groups in total. The molecule has 1 aliphatic carbocycles. The van der Waals surface area contributed by atoms with Crippen LogP contribution < -0.4 is 29.2 Å². The maximum absolute atomic E-state index is 13.7. The van der Waals surface area contributed by atoms with Gasteiger partial charge < -0.3 is 24.3 Å². The highest BCUT2D eigenvalue weighted by Crippen LogP contribution is 2.36. The molecule has 1 unspecified atom stereocenters. The third-order valence-corrected chi connectivity index (χ3v) is 6.12. The zero-order chi connectivity index (χ0) is 23.4. The number of benzene rings is 2. The molecule has 0 radical (unpaired) electrons. The highest BCUT2D eigenvalue weighted by atomic mass is 16.6. The zero-order valence-corrected chi connectivity index (χ0v) is 19.3. The van der Waals surface area contributed by atoms with E-state index in [0.717, 1.165) is 25.7 Å². The van der Waals surface area contributed by atoms with Crippen LogP contribution in [0.2, 0.25) is 0 Å². The average Bonchev–Trinajstić information content (AvgIpc) is 3.36. The van der Waals surface area contributed by atoms with Crippen LogP contribution in [-0.2, 0) is 4.79 Å². The Morgan fingerprint density at radius 3 is 2.36 bits per heavy atom. The van der Waals surface area contributed by atoms with Crippen molar-refractivity contribution in [1.29, 1.82) is 0 Å². The average molecular weight is 455 g/mol. The number of ether oxygens (including phenoxy) is 4. The van der Waals surface area contributed by atoms with Gasteiger partial charge in [-0.15, -0.1) is 0 Å². The first kappa shape index (κ1) is 22.8. The molecule has 8 nitrogen and oxygen atoms in total. The lowest BCUT2D eigenvalue weighted by Crippen LogP contribution is -2.50. The highest BCUT2D eigenvalue weighted by molar-refractivity contribution is 6.10. The van der Waals surface area contributed by atoms with Gasteiger partial charge in [-0.25, -0.2) is 0 Å². The molecule has 0 aromatic heterocycles. The predicted molar refractivity (Wildman–Crippen MR) is 124 cm³/mol. The van der Waals surface area contributed by atoms with Crippen molar-refractivity contribution in [2.75, 3.05) is 32.3 Å². The van der Waals surface area contributed by atoms with Crippen LogP contribution in [0.1, 0.15) is 43.0 Å². The lowest BCUT2D eigenvalue weighted by Gasteiger charge is -2.31. The van der Waals surface area contributed by atoms with Crippen LogP contribution in [0, 0.1) is 0 Å². The van der Waals surface area contributed by atoms with Gasteiger partial charge in [0.2, 0.25) is 5.91 Å². The van der Waals surface area contributed by atoms with Crippen LogP contribution >= 0.6 is 0 Å². The molecule has 1 atom stereocenters. The van der Waals surface area contributed by atoms with Gasteiger partial charge in [0, 0.05) is 23.4 Å². The van der Waals surface area contributed by atoms with Gasteiger partial charge in [0.15, 0.2) is 23.0 Å². The Bertz CT molecular complexity index is 1020. The number of carbonyl (C=O) groups is 2. The molecule has 0 spiro atoms. The molecule has 0 bridgehead atoms. The quantitative estimate of drug-likeness (QED) is 0.688. The lowest BCUT2D eigenvalue weighted by atomic mass is 10.1. The van der Waals surface area contributed by atoms with Crippen LogP contribution in [0.3, 0.4) is 0 Å². The number of hydrogen-bond acceptors (Lipinski definition) is 6. The van der Waals surface area contributed by atoms with Gasteiger partial charge in [0.05, 0.1) is 14.2 Å². The van der Waals surface area contributed by atoms with Crippen molar-refractivity contribution < 1.29 is 28.5 Å². The van der Waals surface area contributed by atoms with Crippen LogP contribution in [0.25, 0.3) is 0 Å². The molecule has 1 fully saturated rings. The summed E-state index contributed by atoms with van der Waals surface area (Å²) in [6, 6.07) is 9.65. The van der Waals surface area contributed by atoms with E-state index >= 15 is 0 Å². The Hall–Kier alpha value is -3.42. The van der Waals surface area contributed by atoms with E-state index in [2.05, 4.69) is 5.32 Å². The summed E-state index contributed by atoms with van der Waals surface area (Å²) in [7, 11) is 3.05. The molecule has 33 heavy (non-hydrogen) atoms. The van der Waals surface area contributed by atoms with Gasteiger partial charge in [0.1, 0.15) is 19.3 Å². The number of anilines is 1. The molecule has 1 heterocycles. The molecular weight excluding hydrogens is 424 g/mol. The van der Waals surface area contributed by atoms with E-state index in [0.29, 0.717) is 47.5 Å². The van der Waals surface area contributed by atoms with Gasteiger partial charge in [-0.2, -0.15) is 0 Å². The Morgan fingerprint density at radius 2 is 1.67 bits per heavy atom. The van der Waals surface area contributed by atoms with Crippen molar-refractivity contribution in [1.82, 2.24) is 5.32 Å². The van der Waals surface area contributed by atoms with Crippen LogP contribution in [0.5, 0.6) is 23.0 Å². The maximum Gasteiger partial charge on any atom is 0.259 e. The maximum atomic E-state index is 13.7. The first-order chi connectivity index (χ1) is 16.0. The number of nitrogens with one attached hydrogen (secondary N) is 1. The summed E-state index contributed by atoms with van der Waals surface area (Å²) >= 11 is 0. The molecule has 1 saturated carbocycles. The second-order valence-corrected chi connectivity index (χ2v) is 8.24. The number of nitrogens with zero attached hydrogens (tertiary/aromatic N) is 1. The first-order valence-electron chi connectivity index (χ1n) is 11.3. The number of fused-ring (bicyclic) bond motifs is 1. The number of rotatable bonds is 7. The molecule has 2 aromatic rings.